The highest BCUT2D eigenvalue weighted by atomic mass is 32.1. The molecule has 0 spiro atoms. The number of hydrogen-bond donors (Lipinski definition) is 1. The van der Waals surface area contributed by atoms with Crippen molar-refractivity contribution in [3.05, 3.63) is 108 Å². The van der Waals surface area contributed by atoms with Crippen molar-refractivity contribution in [2.45, 2.75) is 18.6 Å². The van der Waals surface area contributed by atoms with Gasteiger partial charge in [-0.05, 0) is 60.2 Å². The first-order valence-corrected chi connectivity index (χ1v) is 10.8. The Hall–Kier alpha value is -3.71. The highest BCUT2D eigenvalue weighted by Crippen LogP contribution is 2.41. The maximum atomic E-state index is 5.81. The van der Waals surface area contributed by atoms with Crippen molar-refractivity contribution in [3.63, 3.8) is 0 Å². The van der Waals surface area contributed by atoms with Crippen LogP contribution in [0.5, 0.6) is 5.75 Å². The molecule has 1 N–H and O–H groups in total. The van der Waals surface area contributed by atoms with Gasteiger partial charge in [-0.25, -0.2) is 0 Å². The molecule has 3 aromatic heterocycles. The molecule has 0 amide bonds. The summed E-state index contributed by atoms with van der Waals surface area (Å²) in [5.41, 5.74) is 4.12. The second-order valence-electron chi connectivity index (χ2n) is 7.59. The Balaban J connectivity index is 1.62. The average Bonchev–Trinajstić information content (AvgIpc) is 3.45. The van der Waals surface area contributed by atoms with Gasteiger partial charge in [0.15, 0.2) is 5.11 Å². The van der Waals surface area contributed by atoms with E-state index >= 15 is 0 Å². The zero-order valence-electron chi connectivity index (χ0n) is 17.6. The first kappa shape index (κ1) is 20.2. The van der Waals surface area contributed by atoms with Crippen LogP contribution in [0.3, 0.4) is 0 Å². The van der Waals surface area contributed by atoms with Crippen LogP contribution in [0.15, 0.2) is 91.5 Å². The molecule has 5 rings (SSSR count). The van der Waals surface area contributed by atoms with Crippen LogP contribution in [-0.4, -0.2) is 31.7 Å². The van der Waals surface area contributed by atoms with Crippen LogP contribution in [0.25, 0.3) is 5.69 Å². The van der Waals surface area contributed by atoms with Crippen LogP contribution >= 0.6 is 12.2 Å². The monoisotopic (exact) mass is 441 g/mol. The fraction of sp³-hybridized carbons (Fsp3) is 0.160. The number of thiocarbonyl (C=S) groups is 1. The van der Waals surface area contributed by atoms with E-state index in [1.165, 1.54) is 0 Å². The van der Waals surface area contributed by atoms with Crippen LogP contribution in [0, 0.1) is 0 Å². The van der Waals surface area contributed by atoms with E-state index in [9.17, 15) is 0 Å². The van der Waals surface area contributed by atoms with Crippen molar-refractivity contribution in [2.24, 2.45) is 0 Å². The Labute approximate surface area is 192 Å². The molecule has 0 radical (unpaired) electrons. The van der Waals surface area contributed by atoms with E-state index in [4.69, 9.17) is 17.0 Å². The lowest BCUT2D eigenvalue weighted by Crippen LogP contribution is -2.30. The molecule has 1 saturated heterocycles. The van der Waals surface area contributed by atoms with E-state index in [1.54, 1.807) is 13.3 Å². The predicted molar refractivity (Wildman–Crippen MR) is 128 cm³/mol. The van der Waals surface area contributed by atoms with Crippen molar-refractivity contribution in [1.82, 2.24) is 24.8 Å². The third-order valence-electron chi connectivity index (χ3n) is 5.70. The highest BCUT2D eigenvalue weighted by Gasteiger charge is 2.41. The fourth-order valence-corrected chi connectivity index (χ4v) is 4.57. The molecule has 6 nitrogen and oxygen atoms in total. The van der Waals surface area contributed by atoms with E-state index in [2.05, 4.69) is 55.2 Å². The lowest BCUT2D eigenvalue weighted by atomic mass is 10.0. The number of ether oxygens (including phenoxy) is 1. The molecule has 0 bridgehead atoms. The van der Waals surface area contributed by atoms with Crippen LogP contribution in [-0.2, 0) is 6.54 Å². The number of nitrogens with one attached hydrogen (secondary N) is 1. The van der Waals surface area contributed by atoms with Crippen molar-refractivity contribution >= 4 is 17.3 Å². The Bertz CT molecular complexity index is 1210. The molecule has 4 heterocycles. The summed E-state index contributed by atoms with van der Waals surface area (Å²) in [6, 6.07) is 22.0. The summed E-state index contributed by atoms with van der Waals surface area (Å²) in [6.07, 6.45) is 7.55. The van der Waals surface area contributed by atoms with Gasteiger partial charge in [-0.15, -0.1) is 0 Å². The number of para-hydroxylation sites is 2. The van der Waals surface area contributed by atoms with Gasteiger partial charge in [-0.2, -0.15) is 0 Å². The second kappa shape index (κ2) is 8.80. The molecule has 1 aromatic carbocycles. The first-order chi connectivity index (χ1) is 15.8. The van der Waals surface area contributed by atoms with Gasteiger partial charge in [-0.1, -0.05) is 24.3 Å². The normalized spacial score (nSPS) is 17.9. The molecule has 2 atom stereocenters. The van der Waals surface area contributed by atoms with Crippen molar-refractivity contribution in [2.75, 3.05) is 7.11 Å². The second-order valence-corrected chi connectivity index (χ2v) is 7.98. The minimum atomic E-state index is -0.0938. The Morgan fingerprint density at radius 3 is 2.66 bits per heavy atom. The molecular weight excluding hydrogens is 418 g/mol. The molecule has 0 saturated carbocycles. The topological polar surface area (TPSA) is 55.2 Å². The van der Waals surface area contributed by atoms with E-state index < -0.39 is 0 Å². The first-order valence-electron chi connectivity index (χ1n) is 10.4. The molecule has 1 aliphatic rings. The summed E-state index contributed by atoms with van der Waals surface area (Å²) in [5.74, 6) is 0.812. The number of pyridine rings is 2. The van der Waals surface area contributed by atoms with Gasteiger partial charge in [0.25, 0.3) is 0 Å². The molecule has 160 valence electrons. The third kappa shape index (κ3) is 3.71. The standard InChI is InChI=1S/C25H23N5OS/c1-31-22-12-3-2-10-20(22)29-15-7-11-21(29)24-23(19-9-4-5-14-27-19)28-25(32)30(24)17-18-8-6-13-26-16-18/h2-16,23-24H,17H2,1H3,(H,28,32)/t23-,24-/m1/s1. The summed E-state index contributed by atoms with van der Waals surface area (Å²) in [4.78, 5) is 11.1. The average molecular weight is 442 g/mol. The predicted octanol–water partition coefficient (Wildman–Crippen LogP) is 4.45. The third-order valence-corrected chi connectivity index (χ3v) is 6.05. The van der Waals surface area contributed by atoms with Gasteiger partial charge in [0, 0.05) is 37.0 Å². The molecule has 1 aliphatic heterocycles. The summed E-state index contributed by atoms with van der Waals surface area (Å²) in [5, 5.41) is 4.21. The van der Waals surface area contributed by atoms with Crippen molar-refractivity contribution in [3.8, 4) is 11.4 Å². The van der Waals surface area contributed by atoms with E-state index in [1.807, 2.05) is 54.9 Å². The van der Waals surface area contributed by atoms with Crippen molar-refractivity contribution < 1.29 is 4.74 Å². The molecule has 4 aromatic rings. The SMILES string of the molecule is COc1ccccc1-n1cccc1[C@@H]1[C@@H](c2ccccn2)NC(=S)N1Cc1cccnc1. The molecule has 0 aliphatic carbocycles. The van der Waals surface area contributed by atoms with Gasteiger partial charge in [0.1, 0.15) is 5.75 Å². The fourth-order valence-electron chi connectivity index (χ4n) is 4.27. The maximum absolute atomic E-state index is 5.81. The van der Waals surface area contributed by atoms with Crippen LogP contribution < -0.4 is 10.1 Å². The number of hydrogen-bond acceptors (Lipinski definition) is 4. The Morgan fingerprint density at radius 1 is 1.00 bits per heavy atom. The summed E-state index contributed by atoms with van der Waals surface area (Å²) in [7, 11) is 1.69. The smallest absolute Gasteiger partial charge is 0.170 e. The van der Waals surface area contributed by atoms with Gasteiger partial charge < -0.3 is 19.5 Å². The highest BCUT2D eigenvalue weighted by molar-refractivity contribution is 7.80. The number of aromatic nitrogens is 3. The largest absolute Gasteiger partial charge is 0.495 e. The molecule has 1 fully saturated rings. The van der Waals surface area contributed by atoms with Crippen LogP contribution in [0.4, 0.5) is 0 Å². The Morgan fingerprint density at radius 2 is 1.88 bits per heavy atom. The Kier molecular flexibility index (Phi) is 5.56. The lowest BCUT2D eigenvalue weighted by Gasteiger charge is -2.29. The van der Waals surface area contributed by atoms with Gasteiger partial charge in [0.2, 0.25) is 0 Å². The van der Waals surface area contributed by atoms with Crippen LogP contribution in [0.1, 0.15) is 29.0 Å². The zero-order chi connectivity index (χ0) is 21.9. The number of nitrogens with zero attached hydrogens (tertiary/aromatic N) is 4. The number of methoxy groups -OCH3 is 1. The van der Waals surface area contributed by atoms with E-state index in [-0.39, 0.29) is 12.1 Å². The number of benzene rings is 1. The van der Waals surface area contributed by atoms with Crippen LogP contribution in [0.2, 0.25) is 0 Å². The van der Waals surface area contributed by atoms with Gasteiger partial charge in [0.05, 0.1) is 30.6 Å². The lowest BCUT2D eigenvalue weighted by molar-refractivity contribution is 0.301. The zero-order valence-corrected chi connectivity index (χ0v) is 18.4. The minimum Gasteiger partial charge on any atom is -0.495 e. The summed E-state index contributed by atoms with van der Waals surface area (Å²) < 4.78 is 7.82. The molecule has 7 heteroatoms. The summed E-state index contributed by atoms with van der Waals surface area (Å²) >= 11 is 5.81. The van der Waals surface area contributed by atoms with Crippen molar-refractivity contribution in [1.29, 1.82) is 0 Å². The minimum absolute atomic E-state index is 0.0717. The van der Waals surface area contributed by atoms with E-state index in [0.717, 1.165) is 28.4 Å². The molecular formula is C25H23N5OS. The van der Waals surface area contributed by atoms with Gasteiger partial charge in [-0.3, -0.25) is 9.97 Å². The quantitative estimate of drug-likeness (QED) is 0.446. The summed E-state index contributed by atoms with van der Waals surface area (Å²) in [6.45, 7) is 0.644. The number of rotatable bonds is 6. The maximum Gasteiger partial charge on any atom is 0.170 e. The van der Waals surface area contributed by atoms with E-state index in [0.29, 0.717) is 11.7 Å². The van der Waals surface area contributed by atoms with Gasteiger partial charge >= 0.3 is 0 Å². The molecule has 0 unspecified atom stereocenters. The molecule has 32 heavy (non-hydrogen) atoms.